The number of hydrogen-bond donors (Lipinski definition) is 0. The van der Waals surface area contributed by atoms with Crippen molar-refractivity contribution in [3.05, 3.63) is 373 Å². The molecule has 22 rings (SSSR count). The molecule has 5 heterocycles. The van der Waals surface area contributed by atoms with Gasteiger partial charge in [-0.1, -0.05) is 334 Å². The van der Waals surface area contributed by atoms with Gasteiger partial charge in [-0.05, 0) is 229 Å². The summed E-state index contributed by atoms with van der Waals surface area (Å²) in [6, 6.07) is 130. The maximum Gasteiger partial charge on any atom is 0.256 e. The lowest BCUT2D eigenvalue weighted by atomic mass is 9.30. The molecule has 0 fully saturated rings. The SMILES string of the molecule is CC(C)(C)c1cc(-c2ccccc2)c(N2c3ccccc3B3c4cc5c(cc4N(c4c(-c6ccccc6)cc(C(C)(C)C)cc4-c4ccccc4)c4cc(-n6c7ccc(C(C)(C)C)cc7c7cc(C(C)(C)C)ccc76)cc2c43)Oc2cc(-c3cccc4c3C(C)(C)c3ccccc3-4)cc3c2B5c2ccccc2N3c2ccccc2)c(-c2ccccc2)c1. The molecule has 16 aromatic carbocycles. The Kier molecular flexibility index (Phi) is 16.8. The molecule has 4 aliphatic heterocycles. The highest BCUT2D eigenvalue weighted by Gasteiger charge is 2.50. The Hall–Kier alpha value is -13.4. The lowest BCUT2D eigenvalue weighted by Crippen LogP contribution is -2.64. The summed E-state index contributed by atoms with van der Waals surface area (Å²) in [5, 5.41) is 2.46. The van der Waals surface area contributed by atoms with Gasteiger partial charge in [0.2, 0.25) is 0 Å². The van der Waals surface area contributed by atoms with Gasteiger partial charge in [0, 0.05) is 84.3 Å². The molecular formula is C115H98B2N4O. The van der Waals surface area contributed by atoms with Gasteiger partial charge in [-0.25, -0.2) is 0 Å². The van der Waals surface area contributed by atoms with Gasteiger partial charge in [-0.15, -0.1) is 0 Å². The molecule has 17 aromatic rings. The van der Waals surface area contributed by atoms with Crippen molar-refractivity contribution >= 4 is 119 Å². The van der Waals surface area contributed by atoms with Crippen LogP contribution in [0.2, 0.25) is 0 Å². The predicted molar refractivity (Wildman–Crippen MR) is 520 cm³/mol. The fraction of sp³-hybridized carbons (Fsp3) is 0.165. The molecule has 5 nitrogen and oxygen atoms in total. The zero-order valence-corrected chi connectivity index (χ0v) is 72.2. The number of benzene rings is 16. The summed E-state index contributed by atoms with van der Waals surface area (Å²) in [5.74, 6) is 1.68. The Labute approximate surface area is 719 Å². The summed E-state index contributed by atoms with van der Waals surface area (Å²) in [7, 11) is 0. The third-order valence-electron chi connectivity index (χ3n) is 27.2. The molecule has 0 unspecified atom stereocenters. The zero-order valence-electron chi connectivity index (χ0n) is 72.2. The highest BCUT2D eigenvalue weighted by atomic mass is 16.5. The molecule has 590 valence electrons. The number of fused-ring (bicyclic) bond motifs is 14. The standard InChI is InChI=1S/C115H98B2N4O/c1-111(2,3)76-55-57-96-89(61-76)90-62-77(112(4,5)6)56-58-97(90)119(96)81-67-102-107-103(68-81)121(110-87(73-41-24-17-25-42-73)65-79(114(10,11)12)66-88(110)74-43-26-18-27-44-74)100-70-104-95(69-94(100)116(107)93-52-33-35-54-99(93)120(102)109-85(71-37-20-15-21-38-71)63-78(113(7,8)9)64-86(109)72-39-22-16-23-40-72)117-92-51-32-34-53-98(92)118(80-45-28-19-29-46-80)101-59-75(60-105(122-104)108(101)117)82-48-36-49-84-83-47-30-31-50-91(83)115(13,14)106(82)84/h15-70H,1-14H3. The van der Waals surface area contributed by atoms with Crippen LogP contribution in [0.5, 0.6) is 11.5 Å². The topological polar surface area (TPSA) is 23.9 Å². The van der Waals surface area contributed by atoms with Gasteiger partial charge in [0.05, 0.1) is 28.1 Å². The van der Waals surface area contributed by atoms with E-state index in [-0.39, 0.29) is 40.5 Å². The third-order valence-corrected chi connectivity index (χ3v) is 27.2. The summed E-state index contributed by atoms with van der Waals surface area (Å²) in [6.45, 7) is 32.5. The molecule has 0 atom stereocenters. The Balaban J connectivity index is 0.913. The van der Waals surface area contributed by atoms with Gasteiger partial charge in [0.25, 0.3) is 13.4 Å². The van der Waals surface area contributed by atoms with Crippen LogP contribution >= 0.6 is 0 Å². The van der Waals surface area contributed by atoms with Crippen molar-refractivity contribution in [1.82, 2.24) is 4.57 Å². The van der Waals surface area contributed by atoms with Crippen molar-refractivity contribution in [3.63, 3.8) is 0 Å². The van der Waals surface area contributed by atoms with E-state index >= 15 is 0 Å². The second-order valence-electron chi connectivity index (χ2n) is 39.2. The normalized spacial score (nSPS) is 14.0. The molecule has 0 saturated carbocycles. The Morgan fingerprint density at radius 1 is 0.262 bits per heavy atom. The Morgan fingerprint density at radius 3 is 1.16 bits per heavy atom. The lowest BCUT2D eigenvalue weighted by molar-refractivity contribution is 0.488. The average Bonchev–Trinajstić information content (AvgIpc) is 0.771. The van der Waals surface area contributed by atoms with Crippen LogP contribution in [0.4, 0.5) is 51.2 Å². The van der Waals surface area contributed by atoms with Crippen molar-refractivity contribution in [2.24, 2.45) is 0 Å². The van der Waals surface area contributed by atoms with E-state index in [1.54, 1.807) is 0 Å². The molecule has 0 radical (unpaired) electrons. The summed E-state index contributed by atoms with van der Waals surface area (Å²) in [6.07, 6.45) is 0. The van der Waals surface area contributed by atoms with Crippen molar-refractivity contribution in [2.75, 3.05) is 14.7 Å². The first kappa shape index (κ1) is 74.9. The van der Waals surface area contributed by atoms with Gasteiger partial charge >= 0.3 is 0 Å². The quantitative estimate of drug-likeness (QED) is 0.134. The summed E-state index contributed by atoms with van der Waals surface area (Å²) in [5.41, 5.74) is 41.2. The minimum Gasteiger partial charge on any atom is -0.458 e. The van der Waals surface area contributed by atoms with E-state index < -0.39 is 0 Å². The zero-order chi connectivity index (χ0) is 83.4. The number of ether oxygens (including phenoxy) is 1. The van der Waals surface area contributed by atoms with Crippen LogP contribution in [-0.4, -0.2) is 18.0 Å². The summed E-state index contributed by atoms with van der Waals surface area (Å²) < 4.78 is 10.8. The van der Waals surface area contributed by atoms with E-state index in [2.05, 4.69) is 456 Å². The largest absolute Gasteiger partial charge is 0.458 e. The van der Waals surface area contributed by atoms with Crippen LogP contribution in [0.25, 0.3) is 94.3 Å². The first-order valence-electron chi connectivity index (χ1n) is 43.6. The number of nitrogens with zero attached hydrogens (tertiary/aromatic N) is 4. The van der Waals surface area contributed by atoms with E-state index in [0.29, 0.717) is 0 Å². The molecule has 1 aromatic heterocycles. The molecule has 122 heavy (non-hydrogen) atoms. The predicted octanol–water partition coefficient (Wildman–Crippen LogP) is 27.1. The van der Waals surface area contributed by atoms with Gasteiger partial charge < -0.3 is 24.0 Å². The molecule has 0 amide bonds. The maximum atomic E-state index is 8.23. The van der Waals surface area contributed by atoms with Crippen LogP contribution in [-0.2, 0) is 27.1 Å². The van der Waals surface area contributed by atoms with E-state index in [1.807, 2.05) is 0 Å². The fourth-order valence-corrected chi connectivity index (χ4v) is 21.0. The number of hydrogen-bond acceptors (Lipinski definition) is 4. The van der Waals surface area contributed by atoms with Crippen LogP contribution in [0.15, 0.2) is 340 Å². The number of para-hydroxylation sites is 3. The smallest absolute Gasteiger partial charge is 0.256 e. The fourth-order valence-electron chi connectivity index (χ4n) is 21.0. The number of anilines is 9. The lowest BCUT2D eigenvalue weighted by Gasteiger charge is -2.47. The van der Waals surface area contributed by atoms with Crippen LogP contribution in [0.3, 0.4) is 0 Å². The van der Waals surface area contributed by atoms with Crippen molar-refractivity contribution in [3.8, 4) is 83.9 Å². The van der Waals surface area contributed by atoms with E-state index in [1.165, 1.54) is 82.7 Å². The monoisotopic (exact) mass is 1570 g/mol. The minimum atomic E-state index is -0.334. The second-order valence-corrected chi connectivity index (χ2v) is 39.2. The second kappa shape index (κ2) is 27.3. The van der Waals surface area contributed by atoms with Crippen LogP contribution in [0, 0.1) is 0 Å². The van der Waals surface area contributed by atoms with Gasteiger partial charge in [0.15, 0.2) is 0 Å². The van der Waals surface area contributed by atoms with Crippen molar-refractivity contribution in [1.29, 1.82) is 0 Å². The van der Waals surface area contributed by atoms with Crippen molar-refractivity contribution < 1.29 is 4.74 Å². The summed E-state index contributed by atoms with van der Waals surface area (Å²) in [4.78, 5) is 7.97. The van der Waals surface area contributed by atoms with E-state index in [4.69, 9.17) is 4.74 Å². The molecule has 7 heteroatoms. The van der Waals surface area contributed by atoms with E-state index in [9.17, 15) is 0 Å². The van der Waals surface area contributed by atoms with Gasteiger partial charge in [-0.3, -0.25) is 0 Å². The van der Waals surface area contributed by atoms with Gasteiger partial charge in [-0.2, -0.15) is 0 Å². The Morgan fingerprint density at radius 2 is 0.672 bits per heavy atom. The minimum absolute atomic E-state index is 0.118. The van der Waals surface area contributed by atoms with Crippen molar-refractivity contribution in [2.45, 2.75) is 124 Å². The molecule has 0 saturated heterocycles. The molecule has 0 spiro atoms. The molecule has 0 bridgehead atoms. The first-order chi connectivity index (χ1) is 58.8. The number of rotatable bonds is 9. The molecule has 1 aliphatic carbocycles. The maximum absolute atomic E-state index is 8.23. The highest BCUT2D eigenvalue weighted by Crippen LogP contribution is 2.58. The third kappa shape index (κ3) is 11.7. The highest BCUT2D eigenvalue weighted by molar-refractivity contribution is 7.02. The molecule has 0 N–H and O–H groups in total. The molecular weight excluding hydrogens is 1470 g/mol. The first-order valence-corrected chi connectivity index (χ1v) is 43.6. The number of aromatic nitrogens is 1. The van der Waals surface area contributed by atoms with Crippen LogP contribution < -0.4 is 52.2 Å². The van der Waals surface area contributed by atoms with E-state index in [0.717, 1.165) is 140 Å². The van der Waals surface area contributed by atoms with Gasteiger partial charge in [0.1, 0.15) is 11.5 Å². The van der Waals surface area contributed by atoms with Crippen LogP contribution in [0.1, 0.15) is 130 Å². The summed E-state index contributed by atoms with van der Waals surface area (Å²) >= 11 is 0. The average molecular weight is 1570 g/mol. The molecule has 5 aliphatic rings. The Bertz CT molecular complexity index is 6980.